The number of ether oxygens (including phenoxy) is 1. The van der Waals surface area contributed by atoms with Gasteiger partial charge in [0.1, 0.15) is 10.6 Å². The van der Waals surface area contributed by atoms with Crippen LogP contribution in [0.4, 0.5) is 0 Å². The fraction of sp³-hybridized carbons (Fsp3) is 0.500. The molecule has 102 valence electrons. The topological polar surface area (TPSA) is 46.6 Å². The molecule has 0 radical (unpaired) electrons. The summed E-state index contributed by atoms with van der Waals surface area (Å²) in [4.78, 5) is 0.183. The summed E-state index contributed by atoms with van der Waals surface area (Å²) in [5.41, 5.74) is 0.826. The number of halogens is 1. The Bertz CT molecular complexity index is 498. The molecule has 0 aliphatic heterocycles. The van der Waals surface area contributed by atoms with Gasteiger partial charge in [-0.05, 0) is 17.7 Å². The second-order valence-electron chi connectivity index (χ2n) is 3.71. The number of rotatable bonds is 6. The fourth-order valence-electron chi connectivity index (χ4n) is 1.71. The number of alkyl halides is 1. The zero-order valence-electron chi connectivity index (χ0n) is 10.8. The van der Waals surface area contributed by atoms with E-state index in [-0.39, 0.29) is 4.90 Å². The average Bonchev–Trinajstić information content (AvgIpc) is 2.38. The predicted molar refractivity (Wildman–Crippen MR) is 72.7 cm³/mol. The van der Waals surface area contributed by atoms with E-state index >= 15 is 0 Å². The van der Waals surface area contributed by atoms with E-state index in [1.54, 1.807) is 32.0 Å². The molecule has 18 heavy (non-hydrogen) atoms. The van der Waals surface area contributed by atoms with E-state index in [0.29, 0.717) is 24.7 Å². The van der Waals surface area contributed by atoms with Gasteiger partial charge in [0, 0.05) is 19.0 Å². The van der Waals surface area contributed by atoms with E-state index in [4.69, 9.17) is 16.3 Å². The number of benzene rings is 1. The Hall–Kier alpha value is -0.780. The van der Waals surface area contributed by atoms with E-state index in [1.807, 2.05) is 0 Å². The molecule has 0 aromatic heterocycles. The van der Waals surface area contributed by atoms with Crippen LogP contribution in [0.2, 0.25) is 0 Å². The number of methoxy groups -OCH3 is 1. The quantitative estimate of drug-likeness (QED) is 0.757. The summed E-state index contributed by atoms with van der Waals surface area (Å²) in [5.74, 6) is 0.655. The van der Waals surface area contributed by atoms with Gasteiger partial charge < -0.3 is 4.74 Å². The molecule has 0 spiro atoms. The van der Waals surface area contributed by atoms with E-state index < -0.39 is 10.0 Å². The Morgan fingerprint density at radius 3 is 2.33 bits per heavy atom. The first kappa shape index (κ1) is 15.3. The molecule has 0 unspecified atom stereocenters. The summed E-state index contributed by atoms with van der Waals surface area (Å²) in [7, 11) is -2.05. The Morgan fingerprint density at radius 1 is 1.28 bits per heavy atom. The Labute approximate surface area is 114 Å². The van der Waals surface area contributed by atoms with Crippen LogP contribution in [0.25, 0.3) is 0 Å². The highest BCUT2D eigenvalue weighted by Gasteiger charge is 2.25. The highest BCUT2D eigenvalue weighted by molar-refractivity contribution is 7.89. The molecule has 4 nitrogen and oxygen atoms in total. The van der Waals surface area contributed by atoms with Gasteiger partial charge in [0.25, 0.3) is 0 Å². The van der Waals surface area contributed by atoms with E-state index in [1.165, 1.54) is 11.4 Å². The minimum absolute atomic E-state index is 0.183. The molecule has 0 saturated heterocycles. The molecule has 0 saturated carbocycles. The second-order valence-corrected chi connectivity index (χ2v) is 5.88. The summed E-state index contributed by atoms with van der Waals surface area (Å²) >= 11 is 5.72. The summed E-state index contributed by atoms with van der Waals surface area (Å²) in [5, 5.41) is 0. The van der Waals surface area contributed by atoms with Crippen LogP contribution in [0.1, 0.15) is 19.4 Å². The SMILES string of the molecule is CCN(CC)S(=O)(=O)c1ccc(CCl)cc1OC. The third kappa shape index (κ3) is 2.96. The molecule has 0 N–H and O–H groups in total. The molecule has 0 atom stereocenters. The summed E-state index contributed by atoms with van der Waals surface area (Å²) in [6.07, 6.45) is 0. The van der Waals surface area contributed by atoms with Crippen molar-refractivity contribution in [3.05, 3.63) is 23.8 Å². The molecule has 0 amide bonds. The van der Waals surface area contributed by atoms with Gasteiger partial charge in [-0.25, -0.2) is 8.42 Å². The smallest absolute Gasteiger partial charge is 0.246 e. The number of nitrogens with zero attached hydrogens (tertiary/aromatic N) is 1. The maximum Gasteiger partial charge on any atom is 0.246 e. The Morgan fingerprint density at radius 2 is 1.89 bits per heavy atom. The van der Waals surface area contributed by atoms with Crippen molar-refractivity contribution in [3.63, 3.8) is 0 Å². The van der Waals surface area contributed by atoms with Gasteiger partial charge >= 0.3 is 0 Å². The van der Waals surface area contributed by atoms with Crippen LogP contribution in [-0.2, 0) is 15.9 Å². The lowest BCUT2D eigenvalue weighted by atomic mass is 10.2. The lowest BCUT2D eigenvalue weighted by Crippen LogP contribution is -2.30. The first-order valence-electron chi connectivity index (χ1n) is 5.74. The maximum atomic E-state index is 12.4. The zero-order chi connectivity index (χ0) is 13.8. The molecule has 0 fully saturated rings. The molecule has 0 bridgehead atoms. The number of hydrogen-bond acceptors (Lipinski definition) is 3. The van der Waals surface area contributed by atoms with Crippen molar-refractivity contribution in [1.29, 1.82) is 0 Å². The molecular weight excluding hydrogens is 274 g/mol. The summed E-state index contributed by atoms with van der Waals surface area (Å²) in [6, 6.07) is 4.90. The average molecular weight is 292 g/mol. The maximum absolute atomic E-state index is 12.4. The van der Waals surface area contributed by atoms with Crippen LogP contribution < -0.4 is 4.74 Å². The minimum Gasteiger partial charge on any atom is -0.495 e. The van der Waals surface area contributed by atoms with Gasteiger partial charge in [-0.15, -0.1) is 11.6 Å². The molecule has 1 aromatic rings. The van der Waals surface area contributed by atoms with Crippen LogP contribution in [0.5, 0.6) is 5.75 Å². The molecule has 6 heteroatoms. The second kappa shape index (κ2) is 6.41. The standard InChI is InChI=1S/C12H18ClNO3S/c1-4-14(5-2)18(15,16)12-7-6-10(9-13)8-11(12)17-3/h6-8H,4-5,9H2,1-3H3. The zero-order valence-corrected chi connectivity index (χ0v) is 12.4. The molecule has 0 aliphatic carbocycles. The molecular formula is C12H18ClNO3S. The first-order valence-corrected chi connectivity index (χ1v) is 7.71. The van der Waals surface area contributed by atoms with Crippen molar-refractivity contribution >= 4 is 21.6 Å². The normalized spacial score (nSPS) is 11.8. The number of sulfonamides is 1. The van der Waals surface area contributed by atoms with Crippen molar-refractivity contribution in [3.8, 4) is 5.75 Å². The third-order valence-corrected chi connectivity index (χ3v) is 5.10. The third-order valence-electron chi connectivity index (χ3n) is 2.71. The van der Waals surface area contributed by atoms with Gasteiger partial charge in [-0.2, -0.15) is 4.31 Å². The number of hydrogen-bond donors (Lipinski definition) is 0. The van der Waals surface area contributed by atoms with E-state index in [2.05, 4.69) is 0 Å². The van der Waals surface area contributed by atoms with Gasteiger partial charge in [-0.3, -0.25) is 0 Å². The van der Waals surface area contributed by atoms with Crippen molar-refractivity contribution in [2.75, 3.05) is 20.2 Å². The van der Waals surface area contributed by atoms with Crippen LogP contribution in [0, 0.1) is 0 Å². The highest BCUT2D eigenvalue weighted by atomic mass is 35.5. The minimum atomic E-state index is -3.50. The van der Waals surface area contributed by atoms with Crippen LogP contribution in [0.3, 0.4) is 0 Å². The molecule has 1 rings (SSSR count). The van der Waals surface area contributed by atoms with Crippen molar-refractivity contribution in [2.24, 2.45) is 0 Å². The van der Waals surface area contributed by atoms with Crippen LogP contribution >= 0.6 is 11.6 Å². The van der Waals surface area contributed by atoms with E-state index in [9.17, 15) is 8.42 Å². The van der Waals surface area contributed by atoms with Gasteiger partial charge in [-0.1, -0.05) is 19.9 Å². The lowest BCUT2D eigenvalue weighted by molar-refractivity contribution is 0.395. The van der Waals surface area contributed by atoms with Gasteiger partial charge in [0.15, 0.2) is 0 Å². The monoisotopic (exact) mass is 291 g/mol. The summed E-state index contributed by atoms with van der Waals surface area (Å²) in [6.45, 7) is 4.47. The van der Waals surface area contributed by atoms with Crippen molar-refractivity contribution < 1.29 is 13.2 Å². The predicted octanol–water partition coefficient (Wildman–Crippen LogP) is 2.46. The van der Waals surface area contributed by atoms with Crippen molar-refractivity contribution in [2.45, 2.75) is 24.6 Å². The molecule has 1 aromatic carbocycles. The van der Waals surface area contributed by atoms with Gasteiger partial charge in [0.2, 0.25) is 10.0 Å². The van der Waals surface area contributed by atoms with Crippen LogP contribution in [0.15, 0.2) is 23.1 Å². The Balaban J connectivity index is 3.32. The first-order chi connectivity index (χ1) is 8.51. The largest absolute Gasteiger partial charge is 0.495 e. The van der Waals surface area contributed by atoms with Crippen molar-refractivity contribution in [1.82, 2.24) is 4.31 Å². The van der Waals surface area contributed by atoms with E-state index in [0.717, 1.165) is 5.56 Å². The molecule has 0 aliphatic rings. The highest BCUT2D eigenvalue weighted by Crippen LogP contribution is 2.28. The summed E-state index contributed by atoms with van der Waals surface area (Å²) < 4.78 is 31.3. The lowest BCUT2D eigenvalue weighted by Gasteiger charge is -2.20. The van der Waals surface area contributed by atoms with Gasteiger partial charge in [0.05, 0.1) is 7.11 Å². The van der Waals surface area contributed by atoms with Crippen LogP contribution in [-0.4, -0.2) is 32.9 Å². The molecule has 0 heterocycles. The Kier molecular flexibility index (Phi) is 5.44. The fourth-order valence-corrected chi connectivity index (χ4v) is 3.47.